The van der Waals surface area contributed by atoms with Gasteiger partial charge >= 0.3 is 6.09 Å². The van der Waals surface area contributed by atoms with E-state index in [0.29, 0.717) is 17.5 Å². The molecule has 1 aromatic heterocycles. The predicted octanol–water partition coefficient (Wildman–Crippen LogP) is 4.99. The minimum atomic E-state index is -0.558. The van der Waals surface area contributed by atoms with Gasteiger partial charge in [0.2, 0.25) is 5.89 Å². The molecule has 0 fully saturated rings. The maximum atomic E-state index is 12.1. The van der Waals surface area contributed by atoms with Crippen molar-refractivity contribution in [3.8, 4) is 0 Å². The lowest BCUT2D eigenvalue weighted by Gasteiger charge is -2.22. The number of aromatic nitrogens is 2. The average molecular weight is 410 g/mol. The van der Waals surface area contributed by atoms with Gasteiger partial charge in [-0.25, -0.2) is 4.79 Å². The molecule has 1 atom stereocenters. The second-order valence-electron chi connectivity index (χ2n) is 7.10. The van der Waals surface area contributed by atoms with Gasteiger partial charge in [0, 0.05) is 5.75 Å². The molecule has 2 rings (SSSR count). The maximum absolute atomic E-state index is 12.1. The summed E-state index contributed by atoms with van der Waals surface area (Å²) in [4.78, 5) is 12.1. The maximum Gasteiger partial charge on any atom is 0.408 e. The fraction of sp³-hybridized carbons (Fsp3) is 0.526. The highest BCUT2D eigenvalue weighted by Crippen LogP contribution is 2.26. The summed E-state index contributed by atoms with van der Waals surface area (Å²) in [7, 11) is 0. The van der Waals surface area contributed by atoms with Crippen LogP contribution in [0.1, 0.15) is 50.3 Å². The van der Waals surface area contributed by atoms with Gasteiger partial charge in [-0.1, -0.05) is 36.0 Å². The molecule has 0 bridgehead atoms. The Morgan fingerprint density at radius 1 is 1.30 bits per heavy atom. The molecule has 0 saturated carbocycles. The van der Waals surface area contributed by atoms with Gasteiger partial charge in [0.1, 0.15) is 11.6 Å². The number of hydrogen-bond acceptors (Lipinski definition) is 7. The first-order chi connectivity index (χ1) is 12.8. The fourth-order valence-electron chi connectivity index (χ4n) is 2.27. The van der Waals surface area contributed by atoms with Crippen molar-refractivity contribution >= 4 is 29.6 Å². The monoisotopic (exact) mass is 409 g/mol. The van der Waals surface area contributed by atoms with Gasteiger partial charge in [-0.05, 0) is 57.3 Å². The summed E-state index contributed by atoms with van der Waals surface area (Å²) >= 11 is 3.18. The molecule has 0 radical (unpaired) electrons. The van der Waals surface area contributed by atoms with Crippen molar-refractivity contribution < 1.29 is 13.9 Å². The number of aryl methyl sites for hydroxylation is 1. The Hall–Kier alpha value is -1.67. The number of rotatable bonds is 8. The van der Waals surface area contributed by atoms with Crippen molar-refractivity contribution in [2.24, 2.45) is 0 Å². The van der Waals surface area contributed by atoms with Gasteiger partial charge < -0.3 is 14.5 Å². The summed E-state index contributed by atoms with van der Waals surface area (Å²) in [5, 5.41) is 11.6. The number of hydrogen-bond donors (Lipinski definition) is 1. The van der Waals surface area contributed by atoms with Gasteiger partial charge in [-0.15, -0.1) is 10.2 Å². The number of nitrogens with one attached hydrogen (secondary N) is 1. The predicted molar refractivity (Wildman–Crippen MR) is 110 cm³/mol. The van der Waals surface area contributed by atoms with Crippen LogP contribution in [0.3, 0.4) is 0 Å². The lowest BCUT2D eigenvalue weighted by atomic mass is 10.1. The van der Waals surface area contributed by atoms with E-state index in [1.807, 2.05) is 39.2 Å². The minimum absolute atomic E-state index is 0.368. The summed E-state index contributed by atoms with van der Waals surface area (Å²) in [6.07, 6.45) is 2.22. The molecule has 1 amide bonds. The molecule has 148 valence electrons. The number of nitrogens with zero attached hydrogens (tertiary/aromatic N) is 2. The average Bonchev–Trinajstić information content (AvgIpc) is 3.05. The molecule has 0 aliphatic rings. The summed E-state index contributed by atoms with van der Waals surface area (Å²) < 4.78 is 11.1. The smallest absolute Gasteiger partial charge is 0.408 e. The van der Waals surface area contributed by atoms with Gasteiger partial charge in [-0.2, -0.15) is 11.8 Å². The third-order valence-electron chi connectivity index (χ3n) is 3.63. The van der Waals surface area contributed by atoms with Crippen molar-refractivity contribution in [2.75, 3.05) is 12.0 Å². The molecular weight excluding hydrogens is 382 g/mol. The summed E-state index contributed by atoms with van der Waals surface area (Å²) in [6.45, 7) is 7.57. The molecule has 1 aromatic carbocycles. The molecule has 0 spiro atoms. The molecule has 27 heavy (non-hydrogen) atoms. The summed E-state index contributed by atoms with van der Waals surface area (Å²) in [6, 6.07) is 7.84. The van der Waals surface area contributed by atoms with E-state index in [1.54, 1.807) is 11.8 Å². The Labute approximate surface area is 169 Å². The Kier molecular flexibility index (Phi) is 8.04. The molecule has 1 unspecified atom stereocenters. The first kappa shape index (κ1) is 21.6. The zero-order valence-corrected chi connectivity index (χ0v) is 18.1. The number of carbonyl (C=O) groups excluding carboxylic acids is 1. The Balaban J connectivity index is 2.01. The van der Waals surface area contributed by atoms with E-state index in [1.165, 1.54) is 22.9 Å². The first-order valence-corrected chi connectivity index (χ1v) is 11.2. The van der Waals surface area contributed by atoms with E-state index in [-0.39, 0.29) is 6.04 Å². The summed E-state index contributed by atoms with van der Waals surface area (Å²) in [5.41, 5.74) is 1.90. The minimum Gasteiger partial charge on any atom is -0.444 e. The van der Waals surface area contributed by atoms with Crippen LogP contribution in [0, 0.1) is 6.92 Å². The zero-order valence-electron chi connectivity index (χ0n) is 16.4. The van der Waals surface area contributed by atoms with Crippen LogP contribution in [0.5, 0.6) is 0 Å². The Bertz CT molecular complexity index is 744. The van der Waals surface area contributed by atoms with Gasteiger partial charge in [0.15, 0.2) is 0 Å². The zero-order chi connectivity index (χ0) is 19.9. The standard InChI is InChI=1S/C19H27N3O3S2/c1-13-8-6-7-9-14(13)12-27-18-22-21-16(24-18)15(10-11-26-5)20-17(23)25-19(2,3)4/h6-9,15H,10-12H2,1-5H3,(H,20,23). The van der Waals surface area contributed by atoms with Gasteiger partial charge in [0.25, 0.3) is 5.22 Å². The third-order valence-corrected chi connectivity index (χ3v) is 5.15. The summed E-state index contributed by atoms with van der Waals surface area (Å²) in [5.74, 6) is 2.01. The Morgan fingerprint density at radius 2 is 2.04 bits per heavy atom. The number of ether oxygens (including phenoxy) is 1. The largest absolute Gasteiger partial charge is 0.444 e. The van der Waals surface area contributed by atoms with Crippen LogP contribution in [-0.4, -0.2) is 33.9 Å². The van der Waals surface area contributed by atoms with Crippen molar-refractivity contribution in [3.63, 3.8) is 0 Å². The van der Waals surface area contributed by atoms with E-state index >= 15 is 0 Å². The SMILES string of the molecule is CSCCC(NC(=O)OC(C)(C)C)c1nnc(SCc2ccccc2C)o1. The molecule has 6 nitrogen and oxygen atoms in total. The molecule has 0 aliphatic heterocycles. The number of amides is 1. The number of carbonyl (C=O) groups is 1. The highest BCUT2D eigenvalue weighted by molar-refractivity contribution is 7.98. The van der Waals surface area contributed by atoms with Crippen LogP contribution >= 0.6 is 23.5 Å². The van der Waals surface area contributed by atoms with Gasteiger partial charge in [0.05, 0.1) is 0 Å². The third kappa shape index (κ3) is 7.46. The van der Waals surface area contributed by atoms with Crippen LogP contribution in [0.25, 0.3) is 0 Å². The molecular formula is C19H27N3O3S2. The van der Waals surface area contributed by atoms with Crippen LogP contribution < -0.4 is 5.32 Å². The van der Waals surface area contributed by atoms with Crippen molar-refractivity contribution in [2.45, 2.75) is 56.7 Å². The highest BCUT2D eigenvalue weighted by atomic mass is 32.2. The van der Waals surface area contributed by atoms with E-state index in [0.717, 1.165) is 11.5 Å². The molecule has 8 heteroatoms. The highest BCUT2D eigenvalue weighted by Gasteiger charge is 2.24. The second-order valence-corrected chi connectivity index (χ2v) is 9.01. The van der Waals surface area contributed by atoms with Crippen LogP contribution in [0.4, 0.5) is 4.79 Å². The fourth-order valence-corrected chi connectivity index (χ4v) is 3.59. The number of thioether (sulfide) groups is 2. The van der Waals surface area contributed by atoms with Gasteiger partial charge in [-0.3, -0.25) is 0 Å². The molecule has 1 N–H and O–H groups in total. The lowest BCUT2D eigenvalue weighted by Crippen LogP contribution is -2.35. The van der Waals surface area contributed by atoms with E-state index < -0.39 is 11.7 Å². The molecule has 1 heterocycles. The topological polar surface area (TPSA) is 77.2 Å². The number of alkyl carbamates (subject to hydrolysis) is 1. The van der Waals surface area contributed by atoms with Crippen LogP contribution in [-0.2, 0) is 10.5 Å². The Morgan fingerprint density at radius 3 is 2.70 bits per heavy atom. The van der Waals surface area contributed by atoms with Crippen LogP contribution in [0.2, 0.25) is 0 Å². The molecule has 0 aliphatic carbocycles. The number of benzene rings is 1. The molecule has 0 saturated heterocycles. The normalized spacial score (nSPS) is 12.6. The van der Waals surface area contributed by atoms with Crippen LogP contribution in [0.15, 0.2) is 33.9 Å². The van der Waals surface area contributed by atoms with E-state index in [9.17, 15) is 4.79 Å². The lowest BCUT2D eigenvalue weighted by molar-refractivity contribution is 0.0493. The van der Waals surface area contributed by atoms with Crippen molar-refractivity contribution in [1.29, 1.82) is 0 Å². The van der Waals surface area contributed by atoms with E-state index in [2.05, 4.69) is 34.6 Å². The van der Waals surface area contributed by atoms with E-state index in [4.69, 9.17) is 9.15 Å². The molecule has 2 aromatic rings. The second kappa shape index (κ2) is 10.0. The quantitative estimate of drug-likeness (QED) is 0.615. The first-order valence-electron chi connectivity index (χ1n) is 8.77. The van der Waals surface area contributed by atoms with Crippen molar-refractivity contribution in [3.05, 3.63) is 41.3 Å². The van der Waals surface area contributed by atoms with Crippen molar-refractivity contribution in [1.82, 2.24) is 15.5 Å².